The van der Waals surface area contributed by atoms with Gasteiger partial charge in [-0.2, -0.15) is 0 Å². The third-order valence-electron chi connectivity index (χ3n) is 4.32. The summed E-state index contributed by atoms with van der Waals surface area (Å²) >= 11 is 3.40. The fourth-order valence-electron chi connectivity index (χ4n) is 2.87. The molecule has 0 spiro atoms. The van der Waals surface area contributed by atoms with Gasteiger partial charge >= 0.3 is 0 Å². The largest absolute Gasteiger partial charge is 0.393 e. The Balaban J connectivity index is 1.51. The van der Waals surface area contributed by atoms with Crippen LogP contribution in [0.3, 0.4) is 0 Å². The molecule has 0 saturated carbocycles. The highest BCUT2D eigenvalue weighted by Gasteiger charge is 2.12. The van der Waals surface area contributed by atoms with Gasteiger partial charge in [-0.3, -0.25) is 15.6 Å². The molecule has 1 amide bonds. The minimum atomic E-state index is -0.290. The first-order valence-corrected chi connectivity index (χ1v) is 9.58. The van der Waals surface area contributed by atoms with Gasteiger partial charge in [-0.15, -0.1) is 0 Å². The molecule has 0 radical (unpaired) electrons. The molecule has 1 heterocycles. The number of nitrogen functional groups attached to an aromatic ring is 1. The van der Waals surface area contributed by atoms with Gasteiger partial charge in [0.25, 0.3) is 5.91 Å². The fourth-order valence-corrected chi connectivity index (χ4v) is 3.14. The smallest absolute Gasteiger partial charge is 0.270 e. The summed E-state index contributed by atoms with van der Waals surface area (Å²) in [6.45, 7) is 0. The predicted molar refractivity (Wildman–Crippen MR) is 119 cm³/mol. The normalized spacial score (nSPS) is 10.5. The molecule has 4 aromatic rings. The van der Waals surface area contributed by atoms with E-state index in [-0.39, 0.29) is 11.6 Å². The van der Waals surface area contributed by atoms with Gasteiger partial charge in [-0.1, -0.05) is 52.3 Å². The lowest BCUT2D eigenvalue weighted by atomic mass is 10.0. The number of hydrazine groups is 1. The zero-order chi connectivity index (χ0) is 20.2. The van der Waals surface area contributed by atoms with Crippen LogP contribution in [0.1, 0.15) is 10.4 Å². The van der Waals surface area contributed by atoms with E-state index in [2.05, 4.69) is 42.1 Å². The maximum Gasteiger partial charge on any atom is 0.270 e. The van der Waals surface area contributed by atoms with Crippen molar-refractivity contribution < 1.29 is 4.79 Å². The van der Waals surface area contributed by atoms with Crippen LogP contribution in [0.2, 0.25) is 0 Å². The molecule has 0 bridgehead atoms. The summed E-state index contributed by atoms with van der Waals surface area (Å²) in [4.78, 5) is 21.0. The minimum Gasteiger partial charge on any atom is -0.393 e. The number of benzene rings is 3. The number of halogens is 1. The molecule has 8 heteroatoms. The molecule has 144 valence electrons. The number of nitrogens with two attached hydrogens (primary N) is 1. The number of anilines is 4. The van der Waals surface area contributed by atoms with Crippen molar-refractivity contribution >= 4 is 55.6 Å². The highest BCUT2D eigenvalue weighted by molar-refractivity contribution is 9.10. The minimum absolute atomic E-state index is 0.286. The number of aromatic nitrogens is 2. The van der Waals surface area contributed by atoms with E-state index in [0.29, 0.717) is 17.2 Å². The van der Waals surface area contributed by atoms with Crippen molar-refractivity contribution in [1.29, 1.82) is 0 Å². The lowest BCUT2D eigenvalue weighted by molar-refractivity contribution is 0.0964. The standard InChI is InChI=1S/C21H17BrN6O/c22-14-8-10-15(11-9-14)26-19-18(23)20(25-12-24-19)27-28-21(29)17-7-3-5-13-4-1-2-6-16(13)17/h1-12H,23H2,(H,28,29)(H2,24,25,26,27). The monoisotopic (exact) mass is 448 g/mol. The summed E-state index contributed by atoms with van der Waals surface area (Å²) in [6.07, 6.45) is 1.37. The van der Waals surface area contributed by atoms with Gasteiger partial charge in [0, 0.05) is 15.7 Å². The number of fused-ring (bicyclic) bond motifs is 1. The number of hydrogen-bond acceptors (Lipinski definition) is 6. The Bertz CT molecular complexity index is 1170. The molecule has 0 saturated heterocycles. The Hall–Kier alpha value is -3.65. The lowest BCUT2D eigenvalue weighted by Gasteiger charge is -2.14. The Kier molecular flexibility index (Phi) is 5.26. The topological polar surface area (TPSA) is 105 Å². The number of carbonyl (C=O) groups is 1. The summed E-state index contributed by atoms with van der Waals surface area (Å²) in [5, 5.41) is 4.99. The van der Waals surface area contributed by atoms with Crippen LogP contribution in [0, 0.1) is 0 Å². The zero-order valence-electron chi connectivity index (χ0n) is 15.2. The SMILES string of the molecule is Nc1c(NNC(=O)c2cccc3ccccc23)ncnc1Nc1ccc(Br)cc1. The Morgan fingerprint density at radius 3 is 2.45 bits per heavy atom. The average Bonchev–Trinajstić information content (AvgIpc) is 2.75. The molecule has 4 rings (SSSR count). The molecule has 0 aliphatic carbocycles. The van der Waals surface area contributed by atoms with Crippen molar-refractivity contribution in [3.8, 4) is 0 Å². The maximum atomic E-state index is 12.7. The van der Waals surface area contributed by atoms with Gasteiger partial charge in [0.05, 0.1) is 0 Å². The van der Waals surface area contributed by atoms with E-state index in [1.54, 1.807) is 6.07 Å². The second-order valence-electron chi connectivity index (χ2n) is 6.22. The molecular weight excluding hydrogens is 432 g/mol. The summed E-state index contributed by atoms with van der Waals surface area (Å²) in [6, 6.07) is 20.9. The van der Waals surface area contributed by atoms with Crippen LogP contribution in [-0.2, 0) is 0 Å². The summed E-state index contributed by atoms with van der Waals surface area (Å²) < 4.78 is 0.970. The van der Waals surface area contributed by atoms with Crippen molar-refractivity contribution in [3.63, 3.8) is 0 Å². The van der Waals surface area contributed by atoms with E-state index in [9.17, 15) is 4.79 Å². The van der Waals surface area contributed by atoms with E-state index in [1.807, 2.05) is 60.7 Å². The van der Waals surface area contributed by atoms with E-state index in [4.69, 9.17) is 5.73 Å². The third-order valence-corrected chi connectivity index (χ3v) is 4.85. The van der Waals surface area contributed by atoms with Crippen molar-refractivity contribution in [1.82, 2.24) is 15.4 Å². The second-order valence-corrected chi connectivity index (χ2v) is 7.14. The average molecular weight is 449 g/mol. The van der Waals surface area contributed by atoms with E-state index in [0.717, 1.165) is 20.9 Å². The van der Waals surface area contributed by atoms with Gasteiger partial charge in [0.1, 0.15) is 12.0 Å². The van der Waals surface area contributed by atoms with Crippen LogP contribution in [0.5, 0.6) is 0 Å². The Morgan fingerprint density at radius 2 is 1.62 bits per heavy atom. The van der Waals surface area contributed by atoms with Crippen LogP contribution in [0.15, 0.2) is 77.5 Å². The van der Waals surface area contributed by atoms with Crippen LogP contribution in [-0.4, -0.2) is 15.9 Å². The van der Waals surface area contributed by atoms with Gasteiger partial charge in [0.15, 0.2) is 11.6 Å². The molecule has 3 aromatic carbocycles. The lowest BCUT2D eigenvalue weighted by Crippen LogP contribution is -2.30. The van der Waals surface area contributed by atoms with Crippen LogP contribution in [0.25, 0.3) is 10.8 Å². The molecule has 0 fully saturated rings. The predicted octanol–water partition coefficient (Wildman–Crippen LogP) is 4.48. The number of nitrogens with one attached hydrogen (secondary N) is 3. The maximum absolute atomic E-state index is 12.7. The van der Waals surface area contributed by atoms with E-state index < -0.39 is 0 Å². The third kappa shape index (κ3) is 4.12. The quantitative estimate of drug-likeness (QED) is 0.335. The van der Waals surface area contributed by atoms with Crippen LogP contribution >= 0.6 is 15.9 Å². The van der Waals surface area contributed by atoms with E-state index >= 15 is 0 Å². The molecule has 5 N–H and O–H groups in total. The first-order valence-electron chi connectivity index (χ1n) is 8.79. The first kappa shape index (κ1) is 18.7. The molecular formula is C21H17BrN6O. The molecule has 0 atom stereocenters. The molecule has 0 unspecified atom stereocenters. The Labute approximate surface area is 175 Å². The van der Waals surface area contributed by atoms with Gasteiger partial charge < -0.3 is 11.1 Å². The molecule has 1 aromatic heterocycles. The number of carbonyl (C=O) groups excluding carboxylic acids is 1. The van der Waals surface area contributed by atoms with Crippen molar-refractivity contribution in [2.45, 2.75) is 0 Å². The summed E-state index contributed by atoms with van der Waals surface area (Å²) in [5.41, 5.74) is 13.3. The number of hydrogen-bond donors (Lipinski definition) is 4. The van der Waals surface area contributed by atoms with Crippen LogP contribution in [0.4, 0.5) is 23.0 Å². The molecule has 0 aliphatic rings. The van der Waals surface area contributed by atoms with Crippen molar-refractivity contribution in [2.75, 3.05) is 16.5 Å². The number of nitrogens with zero attached hydrogens (tertiary/aromatic N) is 2. The highest BCUT2D eigenvalue weighted by Crippen LogP contribution is 2.26. The summed E-state index contributed by atoms with van der Waals surface area (Å²) in [5.74, 6) is 0.444. The van der Waals surface area contributed by atoms with Gasteiger partial charge in [0.2, 0.25) is 0 Å². The highest BCUT2D eigenvalue weighted by atomic mass is 79.9. The van der Waals surface area contributed by atoms with Gasteiger partial charge in [-0.25, -0.2) is 9.97 Å². The van der Waals surface area contributed by atoms with E-state index in [1.165, 1.54) is 6.33 Å². The van der Waals surface area contributed by atoms with Crippen LogP contribution < -0.4 is 21.9 Å². The zero-order valence-corrected chi connectivity index (χ0v) is 16.8. The number of rotatable bonds is 5. The Morgan fingerprint density at radius 1 is 0.897 bits per heavy atom. The van der Waals surface area contributed by atoms with Crippen molar-refractivity contribution in [2.24, 2.45) is 0 Å². The molecule has 7 nitrogen and oxygen atoms in total. The first-order chi connectivity index (χ1) is 14.1. The second kappa shape index (κ2) is 8.15. The van der Waals surface area contributed by atoms with Crippen molar-refractivity contribution in [3.05, 3.63) is 83.1 Å². The fraction of sp³-hybridized carbons (Fsp3) is 0. The molecule has 0 aliphatic heterocycles. The summed E-state index contributed by atoms with van der Waals surface area (Å²) in [7, 11) is 0. The molecule has 29 heavy (non-hydrogen) atoms. The van der Waals surface area contributed by atoms with Gasteiger partial charge in [-0.05, 0) is 41.1 Å². The number of amides is 1.